The van der Waals surface area contributed by atoms with Crippen LogP contribution in [0.5, 0.6) is 0 Å². The first-order chi connectivity index (χ1) is 9.15. The molecule has 1 amide bonds. The zero-order valence-corrected chi connectivity index (χ0v) is 10.3. The number of thiazole rings is 1. The Morgan fingerprint density at radius 1 is 1.26 bits per heavy atom. The Morgan fingerprint density at radius 2 is 2.11 bits per heavy atom. The van der Waals surface area contributed by atoms with Crippen LogP contribution in [0.2, 0.25) is 0 Å². The molecule has 0 bridgehead atoms. The summed E-state index contributed by atoms with van der Waals surface area (Å²) < 4.78 is 0. The number of carbonyl (C=O) groups is 2. The maximum atomic E-state index is 11.7. The van der Waals surface area contributed by atoms with Gasteiger partial charge in [-0.1, -0.05) is 11.3 Å². The molecular weight excluding hydrogens is 268 g/mol. The van der Waals surface area contributed by atoms with Gasteiger partial charge in [0.2, 0.25) is 0 Å². The molecule has 0 saturated carbocycles. The van der Waals surface area contributed by atoms with Gasteiger partial charge in [0.25, 0.3) is 5.91 Å². The summed E-state index contributed by atoms with van der Waals surface area (Å²) in [5, 5.41) is 11.4. The van der Waals surface area contributed by atoms with Gasteiger partial charge < -0.3 is 5.11 Å². The van der Waals surface area contributed by atoms with Crippen molar-refractivity contribution in [1.82, 2.24) is 15.0 Å². The van der Waals surface area contributed by atoms with E-state index in [0.717, 1.165) is 17.4 Å². The van der Waals surface area contributed by atoms with Crippen molar-refractivity contribution in [3.63, 3.8) is 0 Å². The highest BCUT2D eigenvalue weighted by atomic mass is 32.1. The molecule has 0 radical (unpaired) electrons. The Hall–Kier alpha value is -2.61. The summed E-state index contributed by atoms with van der Waals surface area (Å²) in [4.78, 5) is 34.3. The largest absolute Gasteiger partial charge is 0.478 e. The first-order valence-electron chi connectivity index (χ1n) is 5.09. The number of nitrogens with one attached hydrogen (secondary N) is 1. The molecule has 2 aromatic heterocycles. The number of aromatic nitrogens is 3. The molecule has 0 aliphatic carbocycles. The van der Waals surface area contributed by atoms with Crippen LogP contribution in [0, 0.1) is 0 Å². The molecule has 2 rings (SSSR count). The normalized spacial score (nSPS) is 10.5. The second-order valence-electron chi connectivity index (χ2n) is 3.28. The van der Waals surface area contributed by atoms with E-state index in [-0.39, 0.29) is 5.69 Å². The second-order valence-corrected chi connectivity index (χ2v) is 4.35. The van der Waals surface area contributed by atoms with Crippen LogP contribution in [0.4, 0.5) is 5.13 Å². The average Bonchev–Trinajstić information content (AvgIpc) is 2.85. The van der Waals surface area contributed by atoms with E-state index in [9.17, 15) is 9.59 Å². The summed E-state index contributed by atoms with van der Waals surface area (Å²) in [6.07, 6.45) is 8.09. The SMILES string of the molecule is O=C(O)C=Cc1cnc(NC(=O)c2cnccn2)s1. The van der Waals surface area contributed by atoms with Gasteiger partial charge >= 0.3 is 5.97 Å². The number of amides is 1. The van der Waals surface area contributed by atoms with E-state index in [4.69, 9.17) is 5.11 Å². The molecule has 2 aromatic rings. The lowest BCUT2D eigenvalue weighted by Gasteiger charge is -1.98. The number of nitrogens with zero attached hydrogens (tertiary/aromatic N) is 3. The van der Waals surface area contributed by atoms with Gasteiger partial charge in [-0.2, -0.15) is 0 Å². The summed E-state index contributed by atoms with van der Waals surface area (Å²) in [6.45, 7) is 0. The minimum atomic E-state index is -1.04. The van der Waals surface area contributed by atoms with Gasteiger partial charge in [0.05, 0.1) is 6.20 Å². The first kappa shape index (κ1) is 12.8. The lowest BCUT2D eigenvalue weighted by Crippen LogP contribution is -2.13. The Morgan fingerprint density at radius 3 is 2.79 bits per heavy atom. The highest BCUT2D eigenvalue weighted by molar-refractivity contribution is 7.16. The smallest absolute Gasteiger partial charge is 0.328 e. The van der Waals surface area contributed by atoms with Crippen molar-refractivity contribution in [3.05, 3.63) is 41.4 Å². The van der Waals surface area contributed by atoms with Crippen LogP contribution in [-0.2, 0) is 4.79 Å². The molecule has 0 aliphatic rings. The van der Waals surface area contributed by atoms with Gasteiger partial charge in [-0.3, -0.25) is 15.1 Å². The molecule has 0 fully saturated rings. The summed E-state index contributed by atoms with van der Waals surface area (Å²) >= 11 is 1.16. The van der Waals surface area contributed by atoms with E-state index in [0.29, 0.717) is 10.0 Å². The van der Waals surface area contributed by atoms with Gasteiger partial charge in [-0.25, -0.2) is 14.8 Å². The van der Waals surface area contributed by atoms with Crippen molar-refractivity contribution in [2.75, 3.05) is 5.32 Å². The third-order valence-electron chi connectivity index (χ3n) is 1.93. The molecule has 0 atom stereocenters. The molecule has 0 aromatic carbocycles. The van der Waals surface area contributed by atoms with Gasteiger partial charge in [0.15, 0.2) is 5.13 Å². The van der Waals surface area contributed by atoms with Gasteiger partial charge in [0.1, 0.15) is 5.69 Å². The van der Waals surface area contributed by atoms with Crippen molar-refractivity contribution in [3.8, 4) is 0 Å². The van der Waals surface area contributed by atoms with Gasteiger partial charge in [-0.15, -0.1) is 0 Å². The van der Waals surface area contributed by atoms with Gasteiger partial charge in [-0.05, 0) is 6.08 Å². The maximum Gasteiger partial charge on any atom is 0.328 e. The minimum Gasteiger partial charge on any atom is -0.478 e. The summed E-state index contributed by atoms with van der Waals surface area (Å²) in [6, 6.07) is 0. The Balaban J connectivity index is 2.04. The van der Waals surface area contributed by atoms with Crippen LogP contribution < -0.4 is 5.32 Å². The highest BCUT2D eigenvalue weighted by Gasteiger charge is 2.09. The second kappa shape index (κ2) is 5.83. The fourth-order valence-electron chi connectivity index (χ4n) is 1.15. The van der Waals surface area contributed by atoms with E-state index >= 15 is 0 Å². The average molecular weight is 276 g/mol. The molecular formula is C11H8N4O3S. The number of hydrogen-bond donors (Lipinski definition) is 2. The highest BCUT2D eigenvalue weighted by Crippen LogP contribution is 2.19. The minimum absolute atomic E-state index is 0.181. The monoisotopic (exact) mass is 276 g/mol. The van der Waals surface area contributed by atoms with Crippen LogP contribution in [0.3, 0.4) is 0 Å². The molecule has 0 aliphatic heterocycles. The molecule has 19 heavy (non-hydrogen) atoms. The zero-order valence-electron chi connectivity index (χ0n) is 9.48. The Kier molecular flexibility index (Phi) is 3.94. The van der Waals surface area contributed by atoms with Crippen LogP contribution in [0.1, 0.15) is 15.4 Å². The zero-order chi connectivity index (χ0) is 13.7. The van der Waals surface area contributed by atoms with E-state index in [1.54, 1.807) is 0 Å². The Labute approximate surface area is 111 Å². The van der Waals surface area contributed by atoms with Crippen LogP contribution >= 0.6 is 11.3 Å². The van der Waals surface area contributed by atoms with E-state index in [2.05, 4.69) is 20.3 Å². The number of carboxylic acid groups (broad SMARTS) is 1. The van der Waals surface area contributed by atoms with Crippen LogP contribution in [0.15, 0.2) is 30.9 Å². The number of hydrogen-bond acceptors (Lipinski definition) is 6. The summed E-state index contributed by atoms with van der Waals surface area (Å²) in [5.41, 5.74) is 0.181. The van der Waals surface area contributed by atoms with Crippen LogP contribution in [0.25, 0.3) is 6.08 Å². The molecule has 2 heterocycles. The fraction of sp³-hybridized carbons (Fsp3) is 0. The standard InChI is InChI=1S/C11H8N4O3S/c16-9(17)2-1-7-5-14-11(19-7)15-10(18)8-6-12-3-4-13-8/h1-6H,(H,16,17)(H,14,15,18). The maximum absolute atomic E-state index is 11.7. The number of aliphatic carboxylic acids is 1. The molecule has 0 saturated heterocycles. The molecule has 96 valence electrons. The number of anilines is 1. The lowest BCUT2D eigenvalue weighted by molar-refractivity contribution is -0.131. The molecule has 0 unspecified atom stereocenters. The topological polar surface area (TPSA) is 105 Å². The number of carboxylic acids is 1. The van der Waals surface area contributed by atoms with Crippen LogP contribution in [-0.4, -0.2) is 31.9 Å². The lowest BCUT2D eigenvalue weighted by atomic mass is 10.4. The van der Waals surface area contributed by atoms with Crippen molar-refractivity contribution in [2.24, 2.45) is 0 Å². The Bertz CT molecular complexity index is 624. The van der Waals surface area contributed by atoms with Crippen molar-refractivity contribution in [2.45, 2.75) is 0 Å². The quantitative estimate of drug-likeness (QED) is 0.815. The van der Waals surface area contributed by atoms with Gasteiger partial charge in [0, 0.05) is 29.5 Å². The molecule has 0 spiro atoms. The number of carbonyl (C=O) groups excluding carboxylic acids is 1. The van der Waals surface area contributed by atoms with Crippen molar-refractivity contribution in [1.29, 1.82) is 0 Å². The summed E-state index contributed by atoms with van der Waals surface area (Å²) in [7, 11) is 0. The van der Waals surface area contributed by atoms with Crippen molar-refractivity contribution >= 4 is 34.4 Å². The van der Waals surface area contributed by atoms with E-state index < -0.39 is 11.9 Å². The molecule has 8 heteroatoms. The van der Waals surface area contributed by atoms with E-state index in [1.807, 2.05) is 0 Å². The predicted molar refractivity (Wildman–Crippen MR) is 68.8 cm³/mol. The molecule has 7 nitrogen and oxygen atoms in total. The fourth-order valence-corrected chi connectivity index (χ4v) is 1.87. The molecule has 2 N–H and O–H groups in total. The first-order valence-corrected chi connectivity index (χ1v) is 5.91. The van der Waals surface area contributed by atoms with E-state index in [1.165, 1.54) is 30.9 Å². The predicted octanol–water partition coefficient (Wildman–Crippen LogP) is 1.28. The van der Waals surface area contributed by atoms with Crippen molar-refractivity contribution < 1.29 is 14.7 Å². The summed E-state index contributed by atoms with van der Waals surface area (Å²) in [5.74, 6) is -1.46. The third kappa shape index (κ3) is 3.68. The number of rotatable bonds is 4. The third-order valence-corrected chi connectivity index (χ3v) is 2.81.